The second-order valence-corrected chi connectivity index (χ2v) is 8.07. The summed E-state index contributed by atoms with van der Waals surface area (Å²) in [5, 5.41) is 12.1. The van der Waals surface area contributed by atoms with E-state index in [0.29, 0.717) is 23.0 Å². The second kappa shape index (κ2) is 10.1. The zero-order valence-electron chi connectivity index (χ0n) is 17.8. The van der Waals surface area contributed by atoms with Crippen molar-refractivity contribution in [2.45, 2.75) is 18.6 Å². The molecule has 0 bridgehead atoms. The molecule has 0 aliphatic carbocycles. The first kappa shape index (κ1) is 22.3. The maximum Gasteiger partial charge on any atom is 0.234 e. The predicted octanol–water partition coefficient (Wildman–Crippen LogP) is 4.13. The van der Waals surface area contributed by atoms with E-state index in [1.54, 1.807) is 30.3 Å². The molecule has 1 aromatic heterocycles. The molecule has 3 rings (SSSR count). The number of carbonyl (C=O) groups is 2. The van der Waals surface area contributed by atoms with Gasteiger partial charge in [0.05, 0.1) is 5.75 Å². The largest absolute Gasteiger partial charge is 0.378 e. The number of Topliss-reactive ketones (excluding diaryl/α,β-unsaturated/α-hetero) is 1. The summed E-state index contributed by atoms with van der Waals surface area (Å²) in [5.74, 6) is 0.654. The number of ketones is 1. The van der Waals surface area contributed by atoms with Gasteiger partial charge in [-0.1, -0.05) is 42.1 Å². The Morgan fingerprint density at radius 1 is 1.16 bits per heavy atom. The Labute approximate surface area is 186 Å². The summed E-state index contributed by atoms with van der Waals surface area (Å²) in [6.45, 7) is 5.85. The number of benzene rings is 2. The monoisotopic (exact) mass is 435 g/mol. The van der Waals surface area contributed by atoms with Crippen LogP contribution in [0.1, 0.15) is 17.3 Å². The molecule has 0 aliphatic heterocycles. The molecule has 0 radical (unpaired) electrons. The topological polar surface area (TPSA) is 80.1 Å². The molecule has 0 spiro atoms. The number of thioether (sulfide) groups is 1. The summed E-state index contributed by atoms with van der Waals surface area (Å²) in [4.78, 5) is 26.0. The average molecular weight is 436 g/mol. The standard InChI is InChI=1S/C23H25N5O2S/c1-5-12-28-22(18-9-7-11-20(14-18)27(3)4)25-26-23(28)31-15-21(30)24-19-10-6-8-17(13-19)16(2)29/h5-11,13-14H,1,12,15H2,2-4H3,(H,24,30). The minimum atomic E-state index is -0.185. The first-order valence-electron chi connectivity index (χ1n) is 9.74. The number of anilines is 2. The van der Waals surface area contributed by atoms with Crippen molar-refractivity contribution >= 4 is 34.8 Å². The van der Waals surface area contributed by atoms with Gasteiger partial charge >= 0.3 is 0 Å². The van der Waals surface area contributed by atoms with Crippen LogP contribution in [-0.4, -0.2) is 46.3 Å². The maximum atomic E-state index is 12.4. The lowest BCUT2D eigenvalue weighted by Crippen LogP contribution is -2.15. The smallest absolute Gasteiger partial charge is 0.234 e. The normalized spacial score (nSPS) is 10.5. The van der Waals surface area contributed by atoms with Gasteiger partial charge in [0.15, 0.2) is 16.8 Å². The number of aromatic nitrogens is 3. The summed E-state index contributed by atoms with van der Waals surface area (Å²) in [5.41, 5.74) is 3.15. The van der Waals surface area contributed by atoms with Crippen molar-refractivity contribution in [3.63, 3.8) is 0 Å². The summed E-state index contributed by atoms with van der Waals surface area (Å²) in [6, 6.07) is 14.9. The fourth-order valence-corrected chi connectivity index (χ4v) is 3.72. The van der Waals surface area contributed by atoms with Gasteiger partial charge < -0.3 is 10.2 Å². The Morgan fingerprint density at radius 2 is 1.94 bits per heavy atom. The zero-order valence-corrected chi connectivity index (χ0v) is 18.6. The van der Waals surface area contributed by atoms with Crippen molar-refractivity contribution in [1.29, 1.82) is 0 Å². The maximum absolute atomic E-state index is 12.4. The third-order valence-electron chi connectivity index (χ3n) is 4.53. The van der Waals surface area contributed by atoms with E-state index in [1.165, 1.54) is 18.7 Å². The van der Waals surface area contributed by atoms with Crippen molar-refractivity contribution in [2.75, 3.05) is 30.1 Å². The van der Waals surface area contributed by atoms with Gasteiger partial charge in [0.25, 0.3) is 0 Å². The second-order valence-electron chi connectivity index (χ2n) is 7.12. The van der Waals surface area contributed by atoms with Crippen LogP contribution in [0.15, 0.2) is 66.3 Å². The van der Waals surface area contributed by atoms with Gasteiger partial charge in [-0.15, -0.1) is 16.8 Å². The van der Waals surface area contributed by atoms with Crippen LogP contribution in [0.3, 0.4) is 0 Å². The molecule has 31 heavy (non-hydrogen) atoms. The van der Waals surface area contributed by atoms with E-state index < -0.39 is 0 Å². The zero-order chi connectivity index (χ0) is 22.4. The van der Waals surface area contributed by atoms with Gasteiger partial charge in [-0.25, -0.2) is 0 Å². The fraction of sp³-hybridized carbons (Fsp3) is 0.217. The molecule has 7 nitrogen and oxygen atoms in total. The quantitative estimate of drug-likeness (QED) is 0.309. The molecule has 0 unspecified atom stereocenters. The number of nitrogens with zero attached hydrogens (tertiary/aromatic N) is 4. The van der Waals surface area contributed by atoms with Gasteiger partial charge in [0, 0.05) is 43.1 Å². The van der Waals surface area contributed by atoms with Gasteiger partial charge in [0.1, 0.15) is 0 Å². The molecule has 0 saturated carbocycles. The van der Waals surface area contributed by atoms with Crippen LogP contribution >= 0.6 is 11.8 Å². The number of allylic oxidation sites excluding steroid dienone is 1. The third kappa shape index (κ3) is 5.61. The van der Waals surface area contributed by atoms with Crippen LogP contribution in [0.5, 0.6) is 0 Å². The first-order valence-corrected chi connectivity index (χ1v) is 10.7. The fourth-order valence-electron chi connectivity index (χ4n) is 2.97. The highest BCUT2D eigenvalue weighted by atomic mass is 32.2. The molecule has 160 valence electrons. The van der Waals surface area contributed by atoms with Crippen LogP contribution in [0.25, 0.3) is 11.4 Å². The number of rotatable bonds is 9. The molecule has 0 fully saturated rings. The number of hydrogen-bond acceptors (Lipinski definition) is 6. The van der Waals surface area contributed by atoms with E-state index in [9.17, 15) is 9.59 Å². The van der Waals surface area contributed by atoms with Gasteiger partial charge in [-0.2, -0.15) is 0 Å². The van der Waals surface area contributed by atoms with Crippen LogP contribution < -0.4 is 10.2 Å². The van der Waals surface area contributed by atoms with E-state index in [1.807, 2.05) is 47.8 Å². The Bertz CT molecular complexity index is 1110. The summed E-state index contributed by atoms with van der Waals surface area (Å²) in [7, 11) is 3.97. The molecule has 1 N–H and O–H groups in total. The van der Waals surface area contributed by atoms with Crippen LogP contribution in [0, 0.1) is 0 Å². The molecular weight excluding hydrogens is 410 g/mol. The van der Waals surface area contributed by atoms with Crippen molar-refractivity contribution in [1.82, 2.24) is 14.8 Å². The Balaban J connectivity index is 1.74. The number of hydrogen-bond donors (Lipinski definition) is 1. The van der Waals surface area contributed by atoms with Gasteiger partial charge in [0.2, 0.25) is 5.91 Å². The highest BCUT2D eigenvalue weighted by Gasteiger charge is 2.16. The van der Waals surface area contributed by atoms with E-state index >= 15 is 0 Å². The number of nitrogens with one attached hydrogen (secondary N) is 1. The van der Waals surface area contributed by atoms with E-state index in [4.69, 9.17) is 0 Å². The molecule has 0 atom stereocenters. The van der Waals surface area contributed by atoms with Crippen molar-refractivity contribution in [3.05, 3.63) is 66.7 Å². The minimum absolute atomic E-state index is 0.0473. The highest BCUT2D eigenvalue weighted by molar-refractivity contribution is 7.99. The van der Waals surface area contributed by atoms with Crippen molar-refractivity contribution in [2.24, 2.45) is 0 Å². The Kier molecular flexibility index (Phi) is 7.25. The molecule has 1 amide bonds. The number of carbonyl (C=O) groups excluding carboxylic acids is 2. The Hall–Kier alpha value is -3.39. The first-order chi connectivity index (χ1) is 14.9. The van der Waals surface area contributed by atoms with Crippen molar-refractivity contribution < 1.29 is 9.59 Å². The summed E-state index contributed by atoms with van der Waals surface area (Å²) < 4.78 is 1.94. The minimum Gasteiger partial charge on any atom is -0.378 e. The molecule has 0 aliphatic rings. The van der Waals surface area contributed by atoms with Crippen LogP contribution in [0.4, 0.5) is 11.4 Å². The average Bonchev–Trinajstić information content (AvgIpc) is 3.15. The van der Waals surface area contributed by atoms with E-state index in [0.717, 1.165) is 17.1 Å². The summed E-state index contributed by atoms with van der Waals surface area (Å²) >= 11 is 1.30. The lowest BCUT2D eigenvalue weighted by atomic mass is 10.1. The molecule has 8 heteroatoms. The van der Waals surface area contributed by atoms with Gasteiger partial charge in [-0.3, -0.25) is 14.2 Å². The van der Waals surface area contributed by atoms with Crippen molar-refractivity contribution in [3.8, 4) is 11.4 Å². The SMILES string of the molecule is C=CCn1c(SCC(=O)Nc2cccc(C(C)=O)c2)nnc1-c1cccc(N(C)C)c1. The van der Waals surface area contributed by atoms with E-state index in [2.05, 4.69) is 22.1 Å². The third-order valence-corrected chi connectivity index (χ3v) is 5.50. The highest BCUT2D eigenvalue weighted by Crippen LogP contribution is 2.27. The summed E-state index contributed by atoms with van der Waals surface area (Å²) in [6.07, 6.45) is 1.78. The molecule has 2 aromatic carbocycles. The van der Waals surface area contributed by atoms with Crippen LogP contribution in [-0.2, 0) is 11.3 Å². The lowest BCUT2D eigenvalue weighted by molar-refractivity contribution is -0.113. The molecule has 0 saturated heterocycles. The van der Waals surface area contributed by atoms with Crippen LogP contribution in [0.2, 0.25) is 0 Å². The van der Waals surface area contributed by atoms with E-state index in [-0.39, 0.29) is 17.4 Å². The number of amides is 1. The Morgan fingerprint density at radius 3 is 2.65 bits per heavy atom. The van der Waals surface area contributed by atoms with Gasteiger partial charge in [-0.05, 0) is 31.2 Å². The molecule has 3 aromatic rings. The predicted molar refractivity (Wildman–Crippen MR) is 126 cm³/mol. The molecule has 1 heterocycles. The lowest BCUT2D eigenvalue weighted by Gasteiger charge is -2.14. The molecular formula is C23H25N5O2S.